The number of nitrogens with one attached hydrogen (secondary N) is 2. The zero-order valence-corrected chi connectivity index (χ0v) is 16.5. The van der Waals surface area contributed by atoms with Gasteiger partial charge >= 0.3 is 0 Å². The first-order chi connectivity index (χ1) is 15.2. The fraction of sp³-hybridized carbons (Fsp3) is 0.0435. The number of aryl methyl sites for hydroxylation is 1. The highest BCUT2D eigenvalue weighted by atomic mass is 19.1. The Bertz CT molecular complexity index is 1560. The van der Waals surface area contributed by atoms with Gasteiger partial charge in [0.15, 0.2) is 0 Å². The average Bonchev–Trinajstić information content (AvgIpc) is 3.51. The lowest BCUT2D eigenvalue weighted by atomic mass is 10.1. The number of aromatic amines is 2. The molecule has 1 aromatic carbocycles. The third kappa shape index (κ3) is 2.88. The Kier molecular flexibility index (Phi) is 3.73. The van der Waals surface area contributed by atoms with Crippen LogP contribution in [-0.2, 0) is 7.05 Å². The smallest absolute Gasteiger partial charge is 0.123 e. The van der Waals surface area contributed by atoms with E-state index in [1.54, 1.807) is 35.4 Å². The highest BCUT2D eigenvalue weighted by molar-refractivity contribution is 6.00. The van der Waals surface area contributed by atoms with Crippen LogP contribution in [0, 0.1) is 5.82 Å². The van der Waals surface area contributed by atoms with Crippen LogP contribution < -0.4 is 0 Å². The number of hydrogen-bond donors (Lipinski definition) is 2. The molecule has 0 fully saturated rings. The van der Waals surface area contributed by atoms with Crippen LogP contribution in [0.5, 0.6) is 0 Å². The van der Waals surface area contributed by atoms with Crippen molar-refractivity contribution >= 4 is 21.8 Å². The maximum absolute atomic E-state index is 13.4. The molecule has 150 valence electrons. The third-order valence-corrected chi connectivity index (χ3v) is 5.37. The van der Waals surface area contributed by atoms with Crippen molar-refractivity contribution in [3.8, 4) is 33.9 Å². The highest BCUT2D eigenvalue weighted by Crippen LogP contribution is 2.33. The molecule has 0 aliphatic heterocycles. The van der Waals surface area contributed by atoms with Gasteiger partial charge in [-0.15, -0.1) is 0 Å². The SMILES string of the molecule is Cn1cc(-c2cc3c(-c4cc5c(-c6ccc(F)cc6)nccc5[nH]4)n[nH]c3cn2)cn1. The molecule has 0 saturated heterocycles. The molecule has 6 aromatic rings. The fourth-order valence-corrected chi connectivity index (χ4v) is 3.85. The lowest BCUT2D eigenvalue weighted by molar-refractivity contribution is 0.628. The summed E-state index contributed by atoms with van der Waals surface area (Å²) in [6, 6.07) is 12.3. The van der Waals surface area contributed by atoms with E-state index in [9.17, 15) is 4.39 Å². The second-order valence-electron chi connectivity index (χ2n) is 7.40. The van der Waals surface area contributed by atoms with Crippen molar-refractivity contribution in [3.63, 3.8) is 0 Å². The molecule has 0 bridgehead atoms. The molecular formula is C23H16FN7. The Balaban J connectivity index is 1.50. The van der Waals surface area contributed by atoms with Crippen molar-refractivity contribution in [2.75, 3.05) is 0 Å². The van der Waals surface area contributed by atoms with Crippen molar-refractivity contribution in [3.05, 3.63) is 73.1 Å². The van der Waals surface area contributed by atoms with Crippen molar-refractivity contribution in [2.45, 2.75) is 0 Å². The monoisotopic (exact) mass is 409 g/mol. The average molecular weight is 409 g/mol. The van der Waals surface area contributed by atoms with Crippen LogP contribution in [0.15, 0.2) is 67.3 Å². The fourth-order valence-electron chi connectivity index (χ4n) is 3.85. The predicted octanol–water partition coefficient (Wildman–Crippen LogP) is 4.71. The summed E-state index contributed by atoms with van der Waals surface area (Å²) in [5.41, 5.74) is 6.85. The standard InChI is InChI=1S/C23H16FN7/c1-31-12-14(10-27-31)19-8-17-21(11-26-19)29-30-23(17)20-9-16-18(28-20)6-7-25-22(16)13-2-4-15(24)5-3-13/h2-12,28H,1H3,(H,29,30). The number of benzene rings is 1. The minimum absolute atomic E-state index is 0.272. The van der Waals surface area contributed by atoms with Crippen LogP contribution >= 0.6 is 0 Å². The maximum Gasteiger partial charge on any atom is 0.123 e. The summed E-state index contributed by atoms with van der Waals surface area (Å²) in [6.45, 7) is 0. The van der Waals surface area contributed by atoms with Crippen molar-refractivity contribution in [1.29, 1.82) is 0 Å². The molecule has 0 atom stereocenters. The Hall–Kier alpha value is -4.33. The van der Waals surface area contributed by atoms with E-state index in [0.29, 0.717) is 0 Å². The quantitative estimate of drug-likeness (QED) is 0.443. The van der Waals surface area contributed by atoms with Gasteiger partial charge in [-0.1, -0.05) is 0 Å². The predicted molar refractivity (Wildman–Crippen MR) is 117 cm³/mol. The summed E-state index contributed by atoms with van der Waals surface area (Å²) in [7, 11) is 1.88. The van der Waals surface area contributed by atoms with Crippen LogP contribution in [0.25, 0.3) is 55.7 Å². The van der Waals surface area contributed by atoms with Gasteiger partial charge < -0.3 is 4.98 Å². The minimum atomic E-state index is -0.272. The summed E-state index contributed by atoms with van der Waals surface area (Å²) in [5, 5.41) is 13.7. The molecular weight excluding hydrogens is 393 g/mol. The zero-order valence-electron chi connectivity index (χ0n) is 16.5. The first kappa shape index (κ1) is 17.5. The number of nitrogens with zero attached hydrogens (tertiary/aromatic N) is 5. The van der Waals surface area contributed by atoms with Crippen molar-refractivity contribution < 1.29 is 4.39 Å². The largest absolute Gasteiger partial charge is 0.353 e. The third-order valence-electron chi connectivity index (χ3n) is 5.37. The lowest BCUT2D eigenvalue weighted by Crippen LogP contribution is -1.85. The van der Waals surface area contributed by atoms with Crippen LogP contribution in [-0.4, -0.2) is 34.9 Å². The van der Waals surface area contributed by atoms with E-state index in [0.717, 1.165) is 55.7 Å². The molecule has 0 aliphatic carbocycles. The van der Waals surface area contributed by atoms with E-state index in [-0.39, 0.29) is 5.82 Å². The van der Waals surface area contributed by atoms with Gasteiger partial charge in [-0.05, 0) is 42.5 Å². The highest BCUT2D eigenvalue weighted by Gasteiger charge is 2.15. The molecule has 0 amide bonds. The Morgan fingerprint density at radius 1 is 0.871 bits per heavy atom. The van der Waals surface area contributed by atoms with Crippen LogP contribution in [0.3, 0.4) is 0 Å². The number of pyridine rings is 2. The molecule has 0 spiro atoms. The van der Waals surface area contributed by atoms with E-state index < -0.39 is 0 Å². The van der Waals surface area contributed by atoms with Crippen LogP contribution in [0.4, 0.5) is 4.39 Å². The van der Waals surface area contributed by atoms with E-state index in [2.05, 4.69) is 30.2 Å². The Labute approximate surface area is 175 Å². The Morgan fingerprint density at radius 2 is 1.71 bits per heavy atom. The molecule has 5 aromatic heterocycles. The summed E-state index contributed by atoms with van der Waals surface area (Å²) in [5.74, 6) is -0.272. The molecule has 31 heavy (non-hydrogen) atoms. The van der Waals surface area contributed by atoms with Gasteiger partial charge in [-0.2, -0.15) is 10.2 Å². The topological polar surface area (TPSA) is 88.1 Å². The molecule has 8 heteroatoms. The molecule has 0 saturated carbocycles. The summed E-state index contributed by atoms with van der Waals surface area (Å²) in [4.78, 5) is 12.5. The lowest BCUT2D eigenvalue weighted by Gasteiger charge is -2.02. The molecule has 0 aliphatic rings. The van der Waals surface area contributed by atoms with E-state index in [4.69, 9.17) is 0 Å². The van der Waals surface area contributed by atoms with Gasteiger partial charge in [0.1, 0.15) is 11.5 Å². The summed E-state index contributed by atoms with van der Waals surface area (Å²) in [6.07, 6.45) is 7.24. The molecule has 6 rings (SSSR count). The molecule has 2 N–H and O–H groups in total. The number of hydrogen-bond acceptors (Lipinski definition) is 4. The van der Waals surface area contributed by atoms with Crippen LogP contribution in [0.1, 0.15) is 0 Å². The first-order valence-corrected chi connectivity index (χ1v) is 9.73. The summed E-state index contributed by atoms with van der Waals surface area (Å²) < 4.78 is 15.1. The normalized spacial score (nSPS) is 11.5. The van der Waals surface area contributed by atoms with Crippen LogP contribution in [0.2, 0.25) is 0 Å². The second-order valence-corrected chi connectivity index (χ2v) is 7.40. The number of halogens is 1. The maximum atomic E-state index is 13.4. The number of fused-ring (bicyclic) bond motifs is 2. The zero-order chi connectivity index (χ0) is 20.9. The Morgan fingerprint density at radius 3 is 2.52 bits per heavy atom. The number of H-pyrrole nitrogens is 2. The molecule has 5 heterocycles. The van der Waals surface area contributed by atoms with E-state index in [1.807, 2.05) is 31.4 Å². The molecule has 7 nitrogen and oxygen atoms in total. The number of aromatic nitrogens is 7. The summed E-state index contributed by atoms with van der Waals surface area (Å²) >= 11 is 0. The van der Waals surface area contributed by atoms with Gasteiger partial charge in [0.05, 0.1) is 35.0 Å². The van der Waals surface area contributed by atoms with Gasteiger partial charge in [0.25, 0.3) is 0 Å². The van der Waals surface area contributed by atoms with Gasteiger partial charge in [-0.25, -0.2) is 4.39 Å². The van der Waals surface area contributed by atoms with Gasteiger partial charge in [0.2, 0.25) is 0 Å². The van der Waals surface area contributed by atoms with E-state index >= 15 is 0 Å². The minimum Gasteiger partial charge on any atom is -0.353 e. The molecule has 0 radical (unpaired) electrons. The van der Waals surface area contributed by atoms with Gasteiger partial charge in [0, 0.05) is 46.9 Å². The number of rotatable bonds is 3. The second kappa shape index (κ2) is 6.60. The molecule has 0 unspecified atom stereocenters. The van der Waals surface area contributed by atoms with Gasteiger partial charge in [-0.3, -0.25) is 19.7 Å². The van der Waals surface area contributed by atoms with Crippen molar-refractivity contribution in [1.82, 2.24) is 34.9 Å². The van der Waals surface area contributed by atoms with E-state index in [1.165, 1.54) is 12.1 Å². The first-order valence-electron chi connectivity index (χ1n) is 9.73. The van der Waals surface area contributed by atoms with Crippen molar-refractivity contribution in [2.24, 2.45) is 7.05 Å².